The lowest BCUT2D eigenvalue weighted by Gasteiger charge is -2.18. The highest BCUT2D eigenvalue weighted by Crippen LogP contribution is 2.35. The fourth-order valence-electron chi connectivity index (χ4n) is 2.22. The average Bonchev–Trinajstić information content (AvgIpc) is 2.65. The Morgan fingerprint density at radius 2 is 2.21 bits per heavy atom. The smallest absolute Gasteiger partial charge is 0.246 e. The van der Waals surface area contributed by atoms with Crippen molar-refractivity contribution in [1.82, 2.24) is 4.90 Å². The SMILES string of the molecule is CC=CC(=O)N1CCSC(c2ccccc2F)CC1. The highest BCUT2D eigenvalue weighted by molar-refractivity contribution is 7.99. The zero-order valence-corrected chi connectivity index (χ0v) is 11.8. The van der Waals surface area contributed by atoms with Gasteiger partial charge in [-0.05, 0) is 25.5 Å². The first-order valence-electron chi connectivity index (χ1n) is 6.50. The van der Waals surface area contributed by atoms with Crippen LogP contribution in [0.1, 0.15) is 24.2 Å². The lowest BCUT2D eigenvalue weighted by atomic mass is 10.1. The largest absolute Gasteiger partial charge is 0.338 e. The molecule has 0 saturated carbocycles. The molecule has 0 radical (unpaired) electrons. The maximum Gasteiger partial charge on any atom is 0.246 e. The maximum absolute atomic E-state index is 13.8. The van der Waals surface area contributed by atoms with Crippen LogP contribution in [0.5, 0.6) is 0 Å². The Morgan fingerprint density at radius 3 is 2.95 bits per heavy atom. The van der Waals surface area contributed by atoms with Gasteiger partial charge in [0.2, 0.25) is 5.91 Å². The van der Waals surface area contributed by atoms with Crippen molar-refractivity contribution in [3.8, 4) is 0 Å². The molecule has 19 heavy (non-hydrogen) atoms. The Balaban J connectivity index is 2.05. The molecule has 1 saturated heterocycles. The molecule has 1 atom stereocenters. The monoisotopic (exact) mass is 279 g/mol. The van der Waals surface area contributed by atoms with Crippen molar-refractivity contribution in [3.05, 3.63) is 47.8 Å². The van der Waals surface area contributed by atoms with Gasteiger partial charge in [0.1, 0.15) is 5.82 Å². The van der Waals surface area contributed by atoms with Crippen LogP contribution in [0.15, 0.2) is 36.4 Å². The third kappa shape index (κ3) is 3.60. The molecular formula is C15H18FNOS. The fourth-order valence-corrected chi connectivity index (χ4v) is 3.48. The van der Waals surface area contributed by atoms with Crippen LogP contribution in [-0.4, -0.2) is 29.6 Å². The van der Waals surface area contributed by atoms with E-state index < -0.39 is 0 Å². The predicted octanol–water partition coefficient (Wildman–Crippen LogP) is 3.41. The van der Waals surface area contributed by atoms with E-state index >= 15 is 0 Å². The van der Waals surface area contributed by atoms with Crippen molar-refractivity contribution in [2.45, 2.75) is 18.6 Å². The van der Waals surface area contributed by atoms with Crippen LogP contribution in [0, 0.1) is 5.82 Å². The summed E-state index contributed by atoms with van der Waals surface area (Å²) in [5, 5.41) is 0.143. The Hall–Kier alpha value is -1.29. The standard InChI is InChI=1S/C15H18FNOS/c1-2-5-15(18)17-9-8-14(19-11-10-17)12-6-3-4-7-13(12)16/h2-7,14H,8-11H2,1H3. The molecule has 1 fully saturated rings. The molecule has 0 N–H and O–H groups in total. The van der Waals surface area contributed by atoms with Gasteiger partial charge in [0.05, 0.1) is 0 Å². The van der Waals surface area contributed by atoms with E-state index in [2.05, 4.69) is 0 Å². The summed E-state index contributed by atoms with van der Waals surface area (Å²) in [6, 6.07) is 6.93. The Kier molecular flexibility index (Phi) is 5.02. The van der Waals surface area contributed by atoms with Crippen LogP contribution in [0.2, 0.25) is 0 Å². The molecule has 0 aromatic heterocycles. The van der Waals surface area contributed by atoms with E-state index in [1.54, 1.807) is 30.0 Å². The maximum atomic E-state index is 13.8. The van der Waals surface area contributed by atoms with Crippen LogP contribution in [0.4, 0.5) is 4.39 Å². The first-order chi connectivity index (χ1) is 9.22. The summed E-state index contributed by atoms with van der Waals surface area (Å²) in [5.41, 5.74) is 0.757. The molecule has 2 rings (SSSR count). The lowest BCUT2D eigenvalue weighted by Crippen LogP contribution is -2.31. The Morgan fingerprint density at radius 1 is 1.42 bits per heavy atom. The van der Waals surface area contributed by atoms with Gasteiger partial charge < -0.3 is 4.90 Å². The molecule has 0 spiro atoms. The molecule has 1 heterocycles. The molecule has 1 aromatic rings. The van der Waals surface area contributed by atoms with E-state index in [0.717, 1.165) is 24.3 Å². The van der Waals surface area contributed by atoms with E-state index in [4.69, 9.17) is 0 Å². The molecule has 1 aliphatic rings. The van der Waals surface area contributed by atoms with Crippen molar-refractivity contribution in [2.24, 2.45) is 0 Å². The molecule has 0 aliphatic carbocycles. The minimum absolute atomic E-state index is 0.0530. The van der Waals surface area contributed by atoms with Gasteiger partial charge in [-0.25, -0.2) is 4.39 Å². The molecule has 4 heteroatoms. The summed E-state index contributed by atoms with van der Waals surface area (Å²) in [6.45, 7) is 3.26. The third-order valence-electron chi connectivity index (χ3n) is 3.21. The van der Waals surface area contributed by atoms with Crippen LogP contribution < -0.4 is 0 Å². The number of carbonyl (C=O) groups excluding carboxylic acids is 1. The number of rotatable bonds is 2. The Bertz CT molecular complexity index is 475. The van der Waals surface area contributed by atoms with Gasteiger partial charge in [0, 0.05) is 29.7 Å². The van der Waals surface area contributed by atoms with E-state index in [-0.39, 0.29) is 17.0 Å². The predicted molar refractivity (Wildman–Crippen MR) is 77.6 cm³/mol. The first kappa shape index (κ1) is 14.1. The summed E-state index contributed by atoms with van der Waals surface area (Å²) >= 11 is 1.73. The summed E-state index contributed by atoms with van der Waals surface area (Å²) < 4.78 is 13.8. The highest BCUT2D eigenvalue weighted by Gasteiger charge is 2.22. The number of carbonyl (C=O) groups is 1. The van der Waals surface area contributed by atoms with Gasteiger partial charge in [0.25, 0.3) is 0 Å². The van der Waals surface area contributed by atoms with Crippen LogP contribution in [0.3, 0.4) is 0 Å². The fraction of sp³-hybridized carbons (Fsp3) is 0.400. The number of amides is 1. The number of allylic oxidation sites excluding steroid dienone is 1. The van der Waals surface area contributed by atoms with E-state index in [1.165, 1.54) is 6.07 Å². The van der Waals surface area contributed by atoms with Gasteiger partial charge >= 0.3 is 0 Å². The minimum Gasteiger partial charge on any atom is -0.338 e. The highest BCUT2D eigenvalue weighted by atomic mass is 32.2. The molecule has 1 amide bonds. The molecule has 102 valence electrons. The van der Waals surface area contributed by atoms with Crippen molar-refractivity contribution < 1.29 is 9.18 Å². The molecule has 0 bridgehead atoms. The summed E-state index contributed by atoms with van der Waals surface area (Å²) in [4.78, 5) is 13.7. The van der Waals surface area contributed by atoms with Gasteiger partial charge in [0.15, 0.2) is 0 Å². The van der Waals surface area contributed by atoms with Gasteiger partial charge in [-0.3, -0.25) is 4.79 Å². The summed E-state index contributed by atoms with van der Waals surface area (Å²) in [5.74, 6) is 0.757. The summed E-state index contributed by atoms with van der Waals surface area (Å²) in [6.07, 6.45) is 4.15. The normalized spacial score (nSPS) is 20.5. The van der Waals surface area contributed by atoms with Gasteiger partial charge in [-0.2, -0.15) is 11.8 Å². The first-order valence-corrected chi connectivity index (χ1v) is 7.55. The van der Waals surface area contributed by atoms with Crippen molar-refractivity contribution >= 4 is 17.7 Å². The van der Waals surface area contributed by atoms with Crippen molar-refractivity contribution in [2.75, 3.05) is 18.8 Å². The van der Waals surface area contributed by atoms with Crippen molar-refractivity contribution in [1.29, 1.82) is 0 Å². The van der Waals surface area contributed by atoms with Crippen LogP contribution >= 0.6 is 11.8 Å². The van der Waals surface area contributed by atoms with E-state index in [0.29, 0.717) is 6.54 Å². The number of hydrogen-bond acceptors (Lipinski definition) is 2. The van der Waals surface area contributed by atoms with Crippen molar-refractivity contribution in [3.63, 3.8) is 0 Å². The summed E-state index contributed by atoms with van der Waals surface area (Å²) in [7, 11) is 0. The average molecular weight is 279 g/mol. The minimum atomic E-state index is -0.145. The Labute approximate surface area is 117 Å². The van der Waals surface area contributed by atoms with Crippen LogP contribution in [0.25, 0.3) is 0 Å². The number of thioether (sulfide) groups is 1. The molecule has 1 aromatic carbocycles. The number of hydrogen-bond donors (Lipinski definition) is 0. The second-order valence-corrected chi connectivity index (χ2v) is 5.81. The lowest BCUT2D eigenvalue weighted by molar-refractivity contribution is -0.125. The van der Waals surface area contributed by atoms with Crippen LogP contribution in [-0.2, 0) is 4.79 Å². The second kappa shape index (κ2) is 6.75. The molecule has 1 unspecified atom stereocenters. The quantitative estimate of drug-likeness (QED) is 0.773. The molecule has 2 nitrogen and oxygen atoms in total. The molecular weight excluding hydrogens is 261 g/mol. The number of nitrogens with zero attached hydrogens (tertiary/aromatic N) is 1. The topological polar surface area (TPSA) is 20.3 Å². The number of halogens is 1. The molecule has 1 aliphatic heterocycles. The number of benzene rings is 1. The van der Waals surface area contributed by atoms with E-state index in [1.807, 2.05) is 24.0 Å². The zero-order chi connectivity index (χ0) is 13.7. The zero-order valence-electron chi connectivity index (χ0n) is 11.0. The van der Waals surface area contributed by atoms with Gasteiger partial charge in [-0.15, -0.1) is 0 Å². The van der Waals surface area contributed by atoms with Gasteiger partial charge in [-0.1, -0.05) is 24.3 Å². The third-order valence-corrected chi connectivity index (χ3v) is 4.52. The van der Waals surface area contributed by atoms with E-state index in [9.17, 15) is 9.18 Å². The second-order valence-electron chi connectivity index (χ2n) is 4.49.